The van der Waals surface area contributed by atoms with E-state index in [-0.39, 0.29) is 0 Å². The van der Waals surface area contributed by atoms with Crippen molar-refractivity contribution in [1.29, 1.82) is 0 Å². The van der Waals surface area contributed by atoms with Crippen LogP contribution < -0.4 is 10.2 Å². The first-order valence-corrected chi connectivity index (χ1v) is 8.35. The summed E-state index contributed by atoms with van der Waals surface area (Å²) in [5, 5.41) is 3.43. The van der Waals surface area contributed by atoms with Gasteiger partial charge >= 0.3 is 0 Å². The summed E-state index contributed by atoms with van der Waals surface area (Å²) < 4.78 is 0. The van der Waals surface area contributed by atoms with Crippen LogP contribution in [0.3, 0.4) is 0 Å². The van der Waals surface area contributed by atoms with Crippen LogP contribution in [0.15, 0.2) is 52.3 Å². The summed E-state index contributed by atoms with van der Waals surface area (Å²) in [5.74, 6) is 0. The summed E-state index contributed by atoms with van der Waals surface area (Å²) in [5.41, 5.74) is 4.02. The summed E-state index contributed by atoms with van der Waals surface area (Å²) in [4.78, 5) is 5.16. The van der Waals surface area contributed by atoms with E-state index in [1.807, 2.05) is 11.8 Å². The fourth-order valence-electron chi connectivity index (χ4n) is 2.60. The van der Waals surface area contributed by atoms with Crippen LogP contribution in [0.25, 0.3) is 0 Å². The second kappa shape index (κ2) is 6.54. The zero-order valence-electron chi connectivity index (χ0n) is 12.7. The molecule has 110 valence electrons. The van der Waals surface area contributed by atoms with E-state index in [0.29, 0.717) is 0 Å². The Morgan fingerprint density at radius 1 is 0.905 bits per heavy atom. The largest absolute Gasteiger partial charge is 0.368 e. The Kier molecular flexibility index (Phi) is 4.51. The molecule has 0 unspecified atom stereocenters. The van der Waals surface area contributed by atoms with Gasteiger partial charge in [0.2, 0.25) is 0 Å². The Hall–Kier alpha value is -1.45. The van der Waals surface area contributed by atoms with Gasteiger partial charge in [0.1, 0.15) is 0 Å². The maximum Gasteiger partial charge on any atom is 0.0511 e. The van der Waals surface area contributed by atoms with Gasteiger partial charge in [0.05, 0.1) is 5.69 Å². The highest BCUT2D eigenvalue weighted by molar-refractivity contribution is 7.99. The van der Waals surface area contributed by atoms with E-state index in [0.717, 1.165) is 26.2 Å². The minimum Gasteiger partial charge on any atom is -0.368 e. The van der Waals surface area contributed by atoms with E-state index in [2.05, 4.69) is 66.5 Å². The number of nitrogens with zero attached hydrogens (tertiary/aromatic N) is 1. The highest BCUT2D eigenvalue weighted by Gasteiger charge is 2.15. The smallest absolute Gasteiger partial charge is 0.0511 e. The van der Waals surface area contributed by atoms with Crippen molar-refractivity contribution in [1.82, 2.24) is 5.32 Å². The first kappa shape index (κ1) is 14.5. The molecule has 1 fully saturated rings. The van der Waals surface area contributed by atoms with Crippen LogP contribution in [-0.2, 0) is 0 Å². The lowest BCUT2D eigenvalue weighted by Crippen LogP contribution is -2.43. The molecule has 0 atom stereocenters. The lowest BCUT2D eigenvalue weighted by molar-refractivity contribution is 0.587. The van der Waals surface area contributed by atoms with E-state index in [9.17, 15) is 0 Å². The average Bonchev–Trinajstić information content (AvgIpc) is 2.52. The van der Waals surface area contributed by atoms with Gasteiger partial charge in [0.15, 0.2) is 0 Å². The number of piperazine rings is 1. The zero-order valence-corrected chi connectivity index (χ0v) is 13.5. The fourth-order valence-corrected chi connectivity index (χ4v) is 3.55. The Morgan fingerprint density at radius 3 is 2.29 bits per heavy atom. The van der Waals surface area contributed by atoms with Gasteiger partial charge in [-0.3, -0.25) is 0 Å². The third-order valence-electron chi connectivity index (χ3n) is 3.82. The van der Waals surface area contributed by atoms with Crippen molar-refractivity contribution in [2.75, 3.05) is 31.1 Å². The second-order valence-corrected chi connectivity index (χ2v) is 6.74. The predicted molar refractivity (Wildman–Crippen MR) is 91.6 cm³/mol. The van der Waals surface area contributed by atoms with Crippen molar-refractivity contribution in [3.63, 3.8) is 0 Å². The van der Waals surface area contributed by atoms with Crippen LogP contribution in [-0.4, -0.2) is 26.2 Å². The number of hydrogen-bond acceptors (Lipinski definition) is 3. The van der Waals surface area contributed by atoms with Crippen molar-refractivity contribution in [3.05, 3.63) is 53.6 Å². The molecule has 1 heterocycles. The van der Waals surface area contributed by atoms with Crippen molar-refractivity contribution in [2.45, 2.75) is 23.6 Å². The quantitative estimate of drug-likeness (QED) is 0.926. The molecule has 0 spiro atoms. The summed E-state index contributed by atoms with van der Waals surface area (Å²) in [7, 11) is 0. The predicted octanol–water partition coefficient (Wildman–Crippen LogP) is 3.86. The van der Waals surface area contributed by atoms with Crippen LogP contribution in [0, 0.1) is 13.8 Å². The van der Waals surface area contributed by atoms with Gasteiger partial charge in [-0.05, 0) is 43.7 Å². The van der Waals surface area contributed by atoms with Gasteiger partial charge in [-0.2, -0.15) is 0 Å². The maximum atomic E-state index is 3.43. The van der Waals surface area contributed by atoms with Gasteiger partial charge in [-0.15, -0.1) is 0 Å². The molecular weight excluding hydrogens is 276 g/mol. The van der Waals surface area contributed by atoms with Gasteiger partial charge < -0.3 is 10.2 Å². The average molecular weight is 298 g/mol. The highest BCUT2D eigenvalue weighted by atomic mass is 32.2. The maximum absolute atomic E-state index is 3.43. The number of aryl methyl sites for hydroxylation is 2. The first-order chi connectivity index (χ1) is 10.2. The van der Waals surface area contributed by atoms with E-state index in [1.54, 1.807) is 0 Å². The summed E-state index contributed by atoms with van der Waals surface area (Å²) in [6.45, 7) is 8.62. The van der Waals surface area contributed by atoms with E-state index in [4.69, 9.17) is 0 Å². The summed E-state index contributed by atoms with van der Waals surface area (Å²) in [6, 6.07) is 15.6. The van der Waals surface area contributed by atoms with E-state index < -0.39 is 0 Å². The normalized spacial score (nSPS) is 15.2. The van der Waals surface area contributed by atoms with Gasteiger partial charge in [-0.25, -0.2) is 0 Å². The third kappa shape index (κ3) is 3.60. The first-order valence-electron chi connectivity index (χ1n) is 7.53. The molecule has 2 nitrogen and oxygen atoms in total. The molecule has 2 aromatic rings. The summed E-state index contributed by atoms with van der Waals surface area (Å²) in [6.07, 6.45) is 0. The lowest BCUT2D eigenvalue weighted by atomic mass is 10.2. The Balaban J connectivity index is 1.88. The number of hydrogen-bond donors (Lipinski definition) is 1. The molecule has 0 bridgehead atoms. The number of benzene rings is 2. The molecule has 1 aliphatic heterocycles. The molecular formula is C18H22N2S. The van der Waals surface area contributed by atoms with Crippen LogP contribution in [0.2, 0.25) is 0 Å². The van der Waals surface area contributed by atoms with Gasteiger partial charge in [0.25, 0.3) is 0 Å². The molecule has 0 amide bonds. The highest BCUT2D eigenvalue weighted by Crippen LogP contribution is 2.36. The topological polar surface area (TPSA) is 15.3 Å². The fraction of sp³-hybridized carbons (Fsp3) is 0.333. The second-order valence-electron chi connectivity index (χ2n) is 5.62. The van der Waals surface area contributed by atoms with Gasteiger partial charge in [0, 0.05) is 36.0 Å². The molecule has 21 heavy (non-hydrogen) atoms. The Bertz CT molecular complexity index is 601. The molecule has 0 aliphatic carbocycles. The van der Waals surface area contributed by atoms with Crippen molar-refractivity contribution in [2.24, 2.45) is 0 Å². The minimum absolute atomic E-state index is 1.07. The number of anilines is 1. The lowest BCUT2D eigenvalue weighted by Gasteiger charge is -2.31. The summed E-state index contributed by atoms with van der Waals surface area (Å²) >= 11 is 1.86. The standard InChI is InChI=1S/C18H22N2S/c1-14-3-6-16(7-4-14)21-18-8-5-15(2)13-17(18)20-11-9-19-10-12-20/h3-8,13,19H,9-12H2,1-2H3. The molecule has 2 aromatic carbocycles. The Labute approximate surface area is 131 Å². The number of nitrogens with one attached hydrogen (secondary N) is 1. The van der Waals surface area contributed by atoms with Crippen LogP contribution >= 0.6 is 11.8 Å². The van der Waals surface area contributed by atoms with Crippen molar-refractivity contribution in [3.8, 4) is 0 Å². The van der Waals surface area contributed by atoms with Crippen LogP contribution in [0.4, 0.5) is 5.69 Å². The van der Waals surface area contributed by atoms with Gasteiger partial charge in [-0.1, -0.05) is 35.5 Å². The molecule has 0 aromatic heterocycles. The van der Waals surface area contributed by atoms with E-state index >= 15 is 0 Å². The Morgan fingerprint density at radius 2 is 1.57 bits per heavy atom. The van der Waals surface area contributed by atoms with Crippen LogP contribution in [0.1, 0.15) is 11.1 Å². The molecule has 0 saturated carbocycles. The minimum atomic E-state index is 1.07. The zero-order chi connectivity index (χ0) is 14.7. The number of rotatable bonds is 3. The molecule has 3 rings (SSSR count). The van der Waals surface area contributed by atoms with Crippen LogP contribution in [0.5, 0.6) is 0 Å². The van der Waals surface area contributed by atoms with Crippen molar-refractivity contribution < 1.29 is 0 Å². The molecule has 3 heteroatoms. The van der Waals surface area contributed by atoms with E-state index in [1.165, 1.54) is 26.6 Å². The monoisotopic (exact) mass is 298 g/mol. The van der Waals surface area contributed by atoms with Crippen molar-refractivity contribution >= 4 is 17.4 Å². The SMILES string of the molecule is Cc1ccc(Sc2ccc(C)cc2N2CCNCC2)cc1. The molecule has 1 aliphatic rings. The third-order valence-corrected chi connectivity index (χ3v) is 4.89. The molecule has 1 saturated heterocycles. The molecule has 0 radical (unpaired) electrons. The molecule has 1 N–H and O–H groups in total.